The molecule has 3 saturated heterocycles. The van der Waals surface area contributed by atoms with Crippen LogP contribution in [0.1, 0.15) is 19.8 Å². The van der Waals surface area contributed by atoms with Crippen molar-refractivity contribution >= 4 is 15.7 Å². The molecule has 3 aliphatic heterocycles. The van der Waals surface area contributed by atoms with Crippen LogP contribution < -0.4 is 0 Å². The van der Waals surface area contributed by atoms with Crippen LogP contribution >= 0.6 is 0 Å². The molecule has 6 nitrogen and oxygen atoms in total. The van der Waals surface area contributed by atoms with E-state index in [0.717, 1.165) is 6.42 Å². The first-order valence-corrected chi connectivity index (χ1v) is 9.32. The number of nitrogens with zero attached hydrogens (tertiary/aromatic N) is 1. The number of ether oxygens (including phenoxy) is 2. The summed E-state index contributed by atoms with van der Waals surface area (Å²) < 4.78 is 34.8. The summed E-state index contributed by atoms with van der Waals surface area (Å²) in [5.41, 5.74) is 0. The quantitative estimate of drug-likeness (QED) is 0.734. The second-order valence-electron chi connectivity index (χ2n) is 6.28. The minimum absolute atomic E-state index is 0.0197. The summed E-state index contributed by atoms with van der Waals surface area (Å²) in [4.78, 5) is 14.0. The molecule has 0 N–H and O–H groups in total. The van der Waals surface area contributed by atoms with Gasteiger partial charge in [-0.15, -0.1) is 0 Å². The Labute approximate surface area is 125 Å². The van der Waals surface area contributed by atoms with E-state index in [4.69, 9.17) is 9.47 Å². The Morgan fingerprint density at radius 2 is 2.14 bits per heavy atom. The average Bonchev–Trinajstić information content (AvgIpc) is 3.00. The number of sulfone groups is 1. The van der Waals surface area contributed by atoms with Crippen molar-refractivity contribution in [1.29, 1.82) is 0 Å². The number of rotatable bonds is 4. The van der Waals surface area contributed by atoms with Gasteiger partial charge in [0.2, 0.25) is 5.91 Å². The highest BCUT2D eigenvalue weighted by atomic mass is 32.2. The van der Waals surface area contributed by atoms with Crippen LogP contribution in [0.5, 0.6) is 0 Å². The average molecular weight is 317 g/mol. The molecule has 21 heavy (non-hydrogen) atoms. The lowest BCUT2D eigenvalue weighted by Gasteiger charge is -2.50. The van der Waals surface area contributed by atoms with Crippen molar-refractivity contribution in [2.24, 2.45) is 11.8 Å². The van der Waals surface area contributed by atoms with Gasteiger partial charge in [0.05, 0.1) is 24.9 Å². The summed E-state index contributed by atoms with van der Waals surface area (Å²) in [6.07, 6.45) is 1.40. The molecule has 0 aromatic carbocycles. The number of amides is 1. The van der Waals surface area contributed by atoms with E-state index in [1.54, 1.807) is 4.90 Å². The van der Waals surface area contributed by atoms with Crippen LogP contribution in [0.4, 0.5) is 0 Å². The van der Waals surface area contributed by atoms with Gasteiger partial charge in [0, 0.05) is 32.2 Å². The predicted octanol–water partition coefficient (Wildman–Crippen LogP) is 0.0751. The molecule has 0 saturated carbocycles. The predicted molar refractivity (Wildman–Crippen MR) is 76.6 cm³/mol. The lowest BCUT2D eigenvalue weighted by Crippen LogP contribution is -2.69. The Hall–Kier alpha value is -0.660. The first-order chi connectivity index (χ1) is 10.00. The summed E-state index contributed by atoms with van der Waals surface area (Å²) in [5.74, 6) is 0.206. The molecule has 0 aromatic heterocycles. The van der Waals surface area contributed by atoms with Gasteiger partial charge in [0.25, 0.3) is 0 Å². The second kappa shape index (κ2) is 5.52. The van der Waals surface area contributed by atoms with Crippen molar-refractivity contribution in [3.8, 4) is 0 Å². The van der Waals surface area contributed by atoms with Gasteiger partial charge in [-0.3, -0.25) is 4.79 Å². The second-order valence-corrected chi connectivity index (χ2v) is 8.73. The van der Waals surface area contributed by atoms with E-state index in [9.17, 15) is 13.2 Å². The Bertz CT molecular complexity index is 505. The van der Waals surface area contributed by atoms with Crippen LogP contribution in [0.15, 0.2) is 0 Å². The standard InChI is InChI=1S/C14H23NO5S/c1-2-19-8-12-4-6-21(17,18)14(12)9-15(10-14)13(16)11-3-5-20-7-11/h11-12H,2-10H2,1H3. The van der Waals surface area contributed by atoms with E-state index in [-0.39, 0.29) is 23.5 Å². The summed E-state index contributed by atoms with van der Waals surface area (Å²) in [7, 11) is -3.12. The smallest absolute Gasteiger partial charge is 0.228 e. The summed E-state index contributed by atoms with van der Waals surface area (Å²) in [5, 5.41) is 0. The normalized spacial score (nSPS) is 33.3. The Morgan fingerprint density at radius 3 is 2.76 bits per heavy atom. The molecule has 3 aliphatic rings. The highest BCUT2D eigenvalue weighted by molar-refractivity contribution is 7.93. The number of hydrogen-bond acceptors (Lipinski definition) is 5. The minimum Gasteiger partial charge on any atom is -0.381 e. The molecule has 3 rings (SSSR count). The fourth-order valence-corrected chi connectivity index (χ4v) is 6.11. The summed E-state index contributed by atoms with van der Waals surface area (Å²) >= 11 is 0. The SMILES string of the molecule is CCOCC1CCS(=O)(=O)C12CN(C(=O)C1CCOC1)C2. The van der Waals surface area contributed by atoms with Crippen LogP contribution in [0.2, 0.25) is 0 Å². The number of likely N-dealkylation sites (tertiary alicyclic amines) is 1. The fraction of sp³-hybridized carbons (Fsp3) is 0.929. The molecule has 0 bridgehead atoms. The molecular formula is C14H23NO5S. The van der Waals surface area contributed by atoms with Crippen LogP contribution in [0.25, 0.3) is 0 Å². The lowest BCUT2D eigenvalue weighted by atomic mass is 9.83. The van der Waals surface area contributed by atoms with Crippen molar-refractivity contribution in [3.63, 3.8) is 0 Å². The van der Waals surface area contributed by atoms with E-state index in [1.807, 2.05) is 6.92 Å². The maximum Gasteiger partial charge on any atom is 0.228 e. The number of hydrogen-bond donors (Lipinski definition) is 0. The topological polar surface area (TPSA) is 72.9 Å². The van der Waals surface area contributed by atoms with E-state index >= 15 is 0 Å². The molecule has 2 unspecified atom stereocenters. The van der Waals surface area contributed by atoms with Crippen molar-refractivity contribution in [2.45, 2.75) is 24.5 Å². The van der Waals surface area contributed by atoms with Gasteiger partial charge < -0.3 is 14.4 Å². The largest absolute Gasteiger partial charge is 0.381 e. The van der Waals surface area contributed by atoms with Gasteiger partial charge in [-0.25, -0.2) is 8.42 Å². The highest BCUT2D eigenvalue weighted by Crippen LogP contribution is 2.45. The monoisotopic (exact) mass is 317 g/mol. The zero-order valence-electron chi connectivity index (χ0n) is 12.4. The maximum absolute atomic E-state index is 12.4. The molecule has 0 aliphatic carbocycles. The van der Waals surface area contributed by atoms with Gasteiger partial charge in [-0.05, 0) is 19.8 Å². The lowest BCUT2D eigenvalue weighted by molar-refractivity contribution is -0.142. The Morgan fingerprint density at radius 1 is 1.38 bits per heavy atom. The van der Waals surface area contributed by atoms with Crippen molar-refractivity contribution in [2.75, 3.05) is 45.3 Å². The molecule has 120 valence electrons. The van der Waals surface area contributed by atoms with Crippen molar-refractivity contribution in [1.82, 2.24) is 4.90 Å². The van der Waals surface area contributed by atoms with E-state index in [1.165, 1.54) is 0 Å². The van der Waals surface area contributed by atoms with E-state index in [0.29, 0.717) is 45.9 Å². The highest BCUT2D eigenvalue weighted by Gasteiger charge is 2.62. The van der Waals surface area contributed by atoms with Gasteiger partial charge in [-0.1, -0.05) is 0 Å². The van der Waals surface area contributed by atoms with E-state index in [2.05, 4.69) is 0 Å². The maximum atomic E-state index is 12.4. The first kappa shape index (κ1) is 15.2. The zero-order chi connectivity index (χ0) is 15.1. The summed E-state index contributed by atoms with van der Waals surface area (Å²) in [6.45, 7) is 4.74. The number of carbonyl (C=O) groups is 1. The van der Waals surface area contributed by atoms with Crippen LogP contribution in [0.3, 0.4) is 0 Å². The molecule has 3 fully saturated rings. The molecule has 0 radical (unpaired) electrons. The Balaban J connectivity index is 1.68. The minimum atomic E-state index is -3.12. The molecule has 1 amide bonds. The van der Waals surface area contributed by atoms with Gasteiger partial charge in [-0.2, -0.15) is 0 Å². The molecular weight excluding hydrogens is 294 g/mol. The Kier molecular flexibility index (Phi) is 4.00. The van der Waals surface area contributed by atoms with Crippen LogP contribution in [0, 0.1) is 11.8 Å². The fourth-order valence-electron chi connectivity index (χ4n) is 3.71. The van der Waals surface area contributed by atoms with E-state index < -0.39 is 14.6 Å². The third-order valence-corrected chi connectivity index (χ3v) is 7.73. The van der Waals surface area contributed by atoms with Gasteiger partial charge >= 0.3 is 0 Å². The molecule has 2 atom stereocenters. The van der Waals surface area contributed by atoms with Gasteiger partial charge in [0.1, 0.15) is 4.75 Å². The van der Waals surface area contributed by atoms with Crippen molar-refractivity contribution < 1.29 is 22.7 Å². The van der Waals surface area contributed by atoms with Crippen LogP contribution in [-0.2, 0) is 24.1 Å². The third kappa shape index (κ3) is 2.39. The first-order valence-electron chi connectivity index (χ1n) is 7.67. The molecule has 0 aromatic rings. The molecule has 1 spiro atoms. The van der Waals surface area contributed by atoms with Crippen LogP contribution in [-0.4, -0.2) is 69.2 Å². The summed E-state index contributed by atoms with van der Waals surface area (Å²) in [6, 6.07) is 0. The van der Waals surface area contributed by atoms with Crippen molar-refractivity contribution in [3.05, 3.63) is 0 Å². The third-order valence-electron chi connectivity index (χ3n) is 5.13. The molecule has 7 heteroatoms. The number of carbonyl (C=O) groups excluding carboxylic acids is 1. The zero-order valence-corrected chi connectivity index (χ0v) is 13.2. The van der Waals surface area contributed by atoms with Gasteiger partial charge in [0.15, 0.2) is 9.84 Å². The molecule has 3 heterocycles.